The number of hydrogen-bond donors (Lipinski definition) is 1. The maximum atomic E-state index is 12.3. The molecule has 3 nitrogen and oxygen atoms in total. The van der Waals surface area contributed by atoms with Crippen molar-refractivity contribution in [3.8, 4) is 0 Å². The third-order valence-electron chi connectivity index (χ3n) is 1.92. The zero-order valence-corrected chi connectivity index (χ0v) is 9.70. The van der Waals surface area contributed by atoms with Gasteiger partial charge >= 0.3 is 6.18 Å². The Kier molecular flexibility index (Phi) is 3.21. The van der Waals surface area contributed by atoms with Gasteiger partial charge in [-0.1, -0.05) is 11.6 Å². The molecule has 17 heavy (non-hydrogen) atoms. The second-order valence-corrected chi connectivity index (χ2v) is 3.99. The molecule has 1 heterocycles. The van der Waals surface area contributed by atoms with Crippen LogP contribution < -0.4 is 5.32 Å². The van der Waals surface area contributed by atoms with Gasteiger partial charge in [0.25, 0.3) is 0 Å². The Hall–Kier alpha value is -1.34. The van der Waals surface area contributed by atoms with Crippen LogP contribution in [-0.2, 0) is 6.18 Å². The molecule has 90 valence electrons. The number of hydrogen-bond acceptors (Lipinski definition) is 4. The number of aromatic nitrogens is 2. The number of benzene rings is 1. The van der Waals surface area contributed by atoms with Gasteiger partial charge in [-0.25, -0.2) is 0 Å². The zero-order valence-electron chi connectivity index (χ0n) is 8.12. The van der Waals surface area contributed by atoms with Crippen molar-refractivity contribution < 1.29 is 13.2 Å². The molecular formula is C9H5ClF3N3S. The van der Waals surface area contributed by atoms with Crippen LogP contribution in [0.5, 0.6) is 0 Å². The van der Waals surface area contributed by atoms with Gasteiger partial charge in [-0.3, -0.25) is 0 Å². The van der Waals surface area contributed by atoms with Crippen LogP contribution in [0, 0.1) is 0 Å². The van der Waals surface area contributed by atoms with Gasteiger partial charge in [0.05, 0.1) is 17.3 Å². The minimum Gasteiger partial charge on any atom is -0.337 e. The Morgan fingerprint density at radius 3 is 2.24 bits per heavy atom. The predicted molar refractivity (Wildman–Crippen MR) is 59.6 cm³/mol. The fourth-order valence-electron chi connectivity index (χ4n) is 1.13. The maximum absolute atomic E-state index is 12.3. The van der Waals surface area contributed by atoms with Crippen LogP contribution in [-0.4, -0.2) is 8.75 Å². The van der Waals surface area contributed by atoms with Crippen LogP contribution >= 0.6 is 23.3 Å². The largest absolute Gasteiger partial charge is 0.416 e. The van der Waals surface area contributed by atoms with Crippen molar-refractivity contribution in [3.05, 3.63) is 35.0 Å². The fraction of sp³-hybridized carbons (Fsp3) is 0.111. The molecule has 1 aromatic carbocycles. The highest BCUT2D eigenvalue weighted by atomic mass is 35.5. The Labute approximate surface area is 104 Å². The first kappa shape index (κ1) is 12.1. The molecule has 0 unspecified atom stereocenters. The summed E-state index contributed by atoms with van der Waals surface area (Å²) in [4.78, 5) is 0. The molecule has 0 atom stereocenters. The van der Waals surface area contributed by atoms with E-state index in [1.54, 1.807) is 0 Å². The van der Waals surface area contributed by atoms with E-state index in [4.69, 9.17) is 11.6 Å². The van der Waals surface area contributed by atoms with Crippen LogP contribution in [0.4, 0.5) is 24.7 Å². The van der Waals surface area contributed by atoms with Crippen LogP contribution in [0.3, 0.4) is 0 Å². The van der Waals surface area contributed by atoms with E-state index < -0.39 is 11.7 Å². The molecule has 0 saturated carbocycles. The van der Waals surface area contributed by atoms with E-state index in [0.717, 1.165) is 23.9 Å². The molecule has 0 aliphatic carbocycles. The highest BCUT2D eigenvalue weighted by Crippen LogP contribution is 2.30. The molecule has 0 aliphatic heterocycles. The monoisotopic (exact) mass is 279 g/mol. The first-order chi connectivity index (χ1) is 7.97. The van der Waals surface area contributed by atoms with Crippen molar-refractivity contribution in [2.75, 3.05) is 5.32 Å². The SMILES string of the molecule is FC(F)(F)c1ccc(Nc2nsnc2Cl)cc1. The van der Waals surface area contributed by atoms with Crippen LogP contribution in [0.1, 0.15) is 5.56 Å². The summed E-state index contributed by atoms with van der Waals surface area (Å²) in [7, 11) is 0. The standard InChI is InChI=1S/C9H5ClF3N3S/c10-7-8(16-17-15-7)14-6-3-1-5(2-4-6)9(11,12)13/h1-4H,(H,14,16). The number of nitrogens with zero attached hydrogens (tertiary/aromatic N) is 2. The summed E-state index contributed by atoms with van der Waals surface area (Å²) in [6.45, 7) is 0. The second-order valence-electron chi connectivity index (χ2n) is 3.10. The van der Waals surface area contributed by atoms with Crippen molar-refractivity contribution in [1.82, 2.24) is 8.75 Å². The van der Waals surface area contributed by atoms with E-state index in [2.05, 4.69) is 14.1 Å². The van der Waals surface area contributed by atoms with Crippen molar-refractivity contribution in [2.24, 2.45) is 0 Å². The lowest BCUT2D eigenvalue weighted by Crippen LogP contribution is -2.04. The fourth-order valence-corrected chi connectivity index (χ4v) is 1.78. The lowest BCUT2D eigenvalue weighted by molar-refractivity contribution is -0.137. The van der Waals surface area contributed by atoms with Gasteiger partial charge in [-0.2, -0.15) is 21.9 Å². The normalized spacial score (nSPS) is 11.5. The lowest BCUT2D eigenvalue weighted by atomic mass is 10.2. The molecule has 0 saturated heterocycles. The number of alkyl halides is 3. The third-order valence-corrected chi connectivity index (χ3v) is 2.82. The van der Waals surface area contributed by atoms with Gasteiger partial charge in [0.15, 0.2) is 11.0 Å². The highest BCUT2D eigenvalue weighted by molar-refractivity contribution is 6.99. The minimum absolute atomic E-state index is 0.190. The summed E-state index contributed by atoms with van der Waals surface area (Å²) in [5.74, 6) is 0.330. The Morgan fingerprint density at radius 2 is 1.76 bits per heavy atom. The molecule has 0 fully saturated rings. The van der Waals surface area contributed by atoms with Crippen LogP contribution in [0.2, 0.25) is 5.15 Å². The number of rotatable bonds is 2. The Bertz CT molecular complexity index is 509. The van der Waals surface area contributed by atoms with Gasteiger partial charge in [-0.15, -0.1) is 0 Å². The molecule has 8 heteroatoms. The minimum atomic E-state index is -4.33. The van der Waals surface area contributed by atoms with Crippen LogP contribution in [0.25, 0.3) is 0 Å². The topological polar surface area (TPSA) is 37.8 Å². The van der Waals surface area contributed by atoms with Gasteiger partial charge in [0.2, 0.25) is 0 Å². The summed E-state index contributed by atoms with van der Waals surface area (Å²) in [6, 6.07) is 4.57. The second kappa shape index (κ2) is 4.50. The molecule has 0 bridgehead atoms. The molecule has 1 aromatic heterocycles. The molecule has 2 rings (SSSR count). The van der Waals surface area contributed by atoms with Gasteiger partial charge in [-0.05, 0) is 24.3 Å². The summed E-state index contributed by atoms with van der Waals surface area (Å²) in [5.41, 5.74) is -0.238. The molecule has 2 aromatic rings. The van der Waals surface area contributed by atoms with Crippen molar-refractivity contribution in [3.63, 3.8) is 0 Å². The summed E-state index contributed by atoms with van der Waals surface area (Å²) < 4.78 is 44.5. The molecule has 1 N–H and O–H groups in total. The summed E-state index contributed by atoms with van der Waals surface area (Å²) >= 11 is 6.61. The summed E-state index contributed by atoms with van der Waals surface area (Å²) in [6.07, 6.45) is -4.33. The van der Waals surface area contributed by atoms with Crippen LogP contribution in [0.15, 0.2) is 24.3 Å². The van der Waals surface area contributed by atoms with Crippen molar-refractivity contribution in [2.45, 2.75) is 6.18 Å². The first-order valence-electron chi connectivity index (χ1n) is 4.39. The number of halogens is 4. The molecule has 0 radical (unpaired) electrons. The van der Waals surface area contributed by atoms with E-state index in [0.29, 0.717) is 11.5 Å². The van der Waals surface area contributed by atoms with Crippen molar-refractivity contribution >= 4 is 34.8 Å². The third kappa shape index (κ3) is 2.86. The first-order valence-corrected chi connectivity index (χ1v) is 5.50. The van der Waals surface area contributed by atoms with E-state index in [1.807, 2.05) is 0 Å². The van der Waals surface area contributed by atoms with E-state index in [1.165, 1.54) is 12.1 Å². The average Bonchev–Trinajstić information content (AvgIpc) is 2.64. The highest BCUT2D eigenvalue weighted by Gasteiger charge is 2.29. The van der Waals surface area contributed by atoms with E-state index >= 15 is 0 Å². The van der Waals surface area contributed by atoms with Gasteiger partial charge < -0.3 is 5.32 Å². The number of nitrogens with one attached hydrogen (secondary N) is 1. The Morgan fingerprint density at radius 1 is 1.12 bits per heavy atom. The molecule has 0 aliphatic rings. The quantitative estimate of drug-likeness (QED) is 0.904. The van der Waals surface area contributed by atoms with Crippen molar-refractivity contribution in [1.29, 1.82) is 0 Å². The maximum Gasteiger partial charge on any atom is 0.416 e. The van der Waals surface area contributed by atoms with E-state index in [-0.39, 0.29) is 5.15 Å². The average molecular weight is 280 g/mol. The predicted octanol–water partition coefficient (Wildman–Crippen LogP) is 3.95. The van der Waals surface area contributed by atoms with Gasteiger partial charge in [0.1, 0.15) is 0 Å². The Balaban J connectivity index is 2.17. The number of anilines is 2. The lowest BCUT2D eigenvalue weighted by Gasteiger charge is -2.07. The van der Waals surface area contributed by atoms with E-state index in [9.17, 15) is 13.2 Å². The summed E-state index contributed by atoms with van der Waals surface area (Å²) in [5, 5.41) is 2.96. The molecular weight excluding hydrogens is 275 g/mol. The molecule has 0 amide bonds. The zero-order chi connectivity index (χ0) is 12.5. The van der Waals surface area contributed by atoms with Gasteiger partial charge in [0, 0.05) is 5.69 Å². The smallest absolute Gasteiger partial charge is 0.337 e. The molecule has 0 spiro atoms.